The zero-order chi connectivity index (χ0) is 22.9. The molecule has 4 N–H and O–H groups in total. The van der Waals surface area contributed by atoms with E-state index in [-0.39, 0.29) is 6.04 Å². The number of benzene rings is 1. The van der Waals surface area contributed by atoms with Crippen LogP contribution in [0.4, 0.5) is 5.69 Å². The molecule has 33 heavy (non-hydrogen) atoms. The molecule has 0 fully saturated rings. The average Bonchev–Trinajstić information content (AvgIpc) is 3.56. The number of aromatic nitrogens is 7. The minimum atomic E-state index is -0.467. The summed E-state index contributed by atoms with van der Waals surface area (Å²) in [4.78, 5) is 23.9. The molecule has 0 bridgehead atoms. The van der Waals surface area contributed by atoms with E-state index in [2.05, 4.69) is 34.2 Å². The number of imidazole rings is 1. The monoisotopic (exact) mass is 441 g/mol. The molecular weight excluding hydrogens is 418 g/mol. The zero-order valence-corrected chi connectivity index (χ0v) is 18.2. The van der Waals surface area contributed by atoms with Crippen LogP contribution in [-0.4, -0.2) is 40.3 Å². The Kier molecular flexibility index (Phi) is 5.09. The van der Waals surface area contributed by atoms with Crippen LogP contribution in [0.2, 0.25) is 0 Å². The normalized spacial score (nSPS) is 11.4. The van der Waals surface area contributed by atoms with Gasteiger partial charge < -0.3 is 16.0 Å². The zero-order valence-electron chi connectivity index (χ0n) is 18.2. The van der Waals surface area contributed by atoms with Crippen molar-refractivity contribution in [1.82, 2.24) is 34.3 Å². The summed E-state index contributed by atoms with van der Waals surface area (Å²) < 4.78 is 3.63. The van der Waals surface area contributed by atoms with Crippen LogP contribution in [0.5, 0.6) is 0 Å². The van der Waals surface area contributed by atoms with Gasteiger partial charge in [0.2, 0.25) is 5.91 Å². The Morgan fingerprint density at radius 2 is 2.09 bits per heavy atom. The third-order valence-electron chi connectivity index (χ3n) is 5.30. The van der Waals surface area contributed by atoms with E-state index < -0.39 is 5.91 Å². The highest BCUT2D eigenvalue weighted by molar-refractivity contribution is 5.93. The number of fused-ring (bicyclic) bond motifs is 1. The number of primary amides is 1. The number of carbonyl (C=O) groups is 1. The van der Waals surface area contributed by atoms with E-state index in [0.29, 0.717) is 12.1 Å². The van der Waals surface area contributed by atoms with Gasteiger partial charge in [0.1, 0.15) is 17.8 Å². The molecule has 1 aromatic carbocycles. The van der Waals surface area contributed by atoms with Crippen LogP contribution in [0, 0.1) is 0 Å². The lowest BCUT2D eigenvalue weighted by molar-refractivity contribution is 0.100. The molecule has 0 atom stereocenters. The quantitative estimate of drug-likeness (QED) is 0.355. The fourth-order valence-corrected chi connectivity index (χ4v) is 3.58. The van der Waals surface area contributed by atoms with E-state index >= 15 is 0 Å². The van der Waals surface area contributed by atoms with Gasteiger partial charge in [-0.2, -0.15) is 10.2 Å². The average molecular weight is 441 g/mol. The maximum atomic E-state index is 11.5. The van der Waals surface area contributed by atoms with Crippen molar-refractivity contribution in [1.29, 1.82) is 0 Å². The maximum absolute atomic E-state index is 11.5. The number of nitrogens with one attached hydrogen (secondary N) is 2. The lowest BCUT2D eigenvalue weighted by Gasteiger charge is -2.05. The summed E-state index contributed by atoms with van der Waals surface area (Å²) in [5, 5.41) is 12.3. The topological polar surface area (TPSA) is 132 Å². The number of hydrogen-bond donors (Lipinski definition) is 3. The minimum absolute atomic E-state index is 0.246. The van der Waals surface area contributed by atoms with E-state index in [0.717, 1.165) is 39.8 Å². The Bertz CT molecular complexity index is 1440. The molecule has 10 nitrogen and oxygen atoms in total. The third kappa shape index (κ3) is 4.05. The van der Waals surface area contributed by atoms with Crippen LogP contribution < -0.4 is 11.1 Å². The highest BCUT2D eigenvalue weighted by Crippen LogP contribution is 2.30. The van der Waals surface area contributed by atoms with Gasteiger partial charge in [0.25, 0.3) is 0 Å². The molecule has 0 radical (unpaired) electrons. The number of aromatic amines is 1. The number of rotatable bonds is 7. The van der Waals surface area contributed by atoms with Gasteiger partial charge >= 0.3 is 0 Å². The Morgan fingerprint density at radius 3 is 2.88 bits per heavy atom. The molecule has 5 aromatic rings. The van der Waals surface area contributed by atoms with Crippen molar-refractivity contribution in [3.05, 3.63) is 72.6 Å². The van der Waals surface area contributed by atoms with E-state index in [1.807, 2.05) is 41.3 Å². The van der Waals surface area contributed by atoms with Gasteiger partial charge in [-0.1, -0.05) is 6.07 Å². The van der Waals surface area contributed by atoms with Crippen LogP contribution in [0.25, 0.3) is 28.3 Å². The first-order valence-corrected chi connectivity index (χ1v) is 10.6. The van der Waals surface area contributed by atoms with Crippen molar-refractivity contribution in [3.63, 3.8) is 0 Å². The Hall–Kier alpha value is -4.47. The van der Waals surface area contributed by atoms with E-state index in [4.69, 9.17) is 15.8 Å². The van der Waals surface area contributed by atoms with Gasteiger partial charge in [-0.25, -0.2) is 14.5 Å². The van der Waals surface area contributed by atoms with Crippen LogP contribution in [0.3, 0.4) is 0 Å². The number of pyridine rings is 1. The number of nitrogens with zero attached hydrogens (tertiary/aromatic N) is 6. The summed E-state index contributed by atoms with van der Waals surface area (Å²) in [5.41, 5.74) is 10.6. The number of anilines is 1. The predicted molar refractivity (Wildman–Crippen MR) is 124 cm³/mol. The Balaban J connectivity index is 1.51. The first-order valence-electron chi connectivity index (χ1n) is 10.6. The van der Waals surface area contributed by atoms with Crippen molar-refractivity contribution in [3.8, 4) is 22.6 Å². The summed E-state index contributed by atoms with van der Waals surface area (Å²) in [6.45, 7) is 4.59. The van der Waals surface area contributed by atoms with Crippen LogP contribution in [0.15, 0.2) is 61.2 Å². The van der Waals surface area contributed by atoms with Crippen LogP contribution in [-0.2, 0) is 6.54 Å². The Morgan fingerprint density at radius 1 is 1.21 bits per heavy atom. The molecule has 166 valence electrons. The van der Waals surface area contributed by atoms with Gasteiger partial charge in [0.05, 0.1) is 17.9 Å². The molecule has 0 saturated heterocycles. The first-order chi connectivity index (χ1) is 16.0. The van der Waals surface area contributed by atoms with Crippen molar-refractivity contribution < 1.29 is 4.79 Å². The van der Waals surface area contributed by atoms with E-state index in [1.165, 1.54) is 6.33 Å². The van der Waals surface area contributed by atoms with Gasteiger partial charge in [-0.15, -0.1) is 0 Å². The van der Waals surface area contributed by atoms with Crippen LogP contribution >= 0.6 is 0 Å². The number of hydrogen-bond acceptors (Lipinski definition) is 6. The lowest BCUT2D eigenvalue weighted by atomic mass is 10.1. The summed E-state index contributed by atoms with van der Waals surface area (Å²) >= 11 is 0. The molecule has 0 saturated carbocycles. The van der Waals surface area contributed by atoms with Gasteiger partial charge in [0.15, 0.2) is 5.65 Å². The molecule has 0 unspecified atom stereocenters. The van der Waals surface area contributed by atoms with Crippen molar-refractivity contribution >= 4 is 17.2 Å². The second-order valence-corrected chi connectivity index (χ2v) is 7.96. The third-order valence-corrected chi connectivity index (χ3v) is 5.30. The molecule has 0 aliphatic rings. The maximum Gasteiger partial charge on any atom is 0.248 e. The number of nitrogens with two attached hydrogens (primary N) is 1. The summed E-state index contributed by atoms with van der Waals surface area (Å²) in [6.07, 6.45) is 5.37. The molecular formula is C23H23N9O. The van der Waals surface area contributed by atoms with Crippen LogP contribution in [0.1, 0.15) is 36.1 Å². The largest absolute Gasteiger partial charge is 0.378 e. The molecule has 4 heterocycles. The number of carbonyl (C=O) groups excluding carboxylic acids is 1. The molecule has 0 aliphatic heterocycles. The molecule has 5 rings (SSSR count). The van der Waals surface area contributed by atoms with Gasteiger partial charge in [0, 0.05) is 35.2 Å². The van der Waals surface area contributed by atoms with Crippen molar-refractivity contribution in [2.75, 3.05) is 5.32 Å². The minimum Gasteiger partial charge on any atom is -0.378 e. The molecule has 10 heteroatoms. The van der Waals surface area contributed by atoms with Crippen molar-refractivity contribution in [2.45, 2.75) is 26.4 Å². The molecule has 4 aromatic heterocycles. The summed E-state index contributed by atoms with van der Waals surface area (Å²) in [5.74, 6) is 0.257. The Labute approximate surface area is 189 Å². The second-order valence-electron chi connectivity index (χ2n) is 7.96. The lowest BCUT2D eigenvalue weighted by Crippen LogP contribution is -2.11. The molecule has 0 aliphatic carbocycles. The smallest absolute Gasteiger partial charge is 0.248 e. The summed E-state index contributed by atoms with van der Waals surface area (Å²) in [7, 11) is 0. The highest BCUT2D eigenvalue weighted by Gasteiger charge is 2.18. The van der Waals surface area contributed by atoms with Gasteiger partial charge in [-0.05, 0) is 50.2 Å². The SMILES string of the molecule is CC(C)n1ccc(-c2[nH]c(CNc3cccc(C(N)=O)c3)nc2-c2ccc3ncnn3c2)n1. The second kappa shape index (κ2) is 8.23. The van der Waals surface area contributed by atoms with Crippen molar-refractivity contribution in [2.24, 2.45) is 5.73 Å². The van der Waals surface area contributed by atoms with Gasteiger partial charge in [-0.3, -0.25) is 9.48 Å². The molecule has 1 amide bonds. The number of amides is 1. The first kappa shape index (κ1) is 20.4. The molecule has 0 spiro atoms. The fraction of sp³-hybridized carbons (Fsp3) is 0.174. The fourth-order valence-electron chi connectivity index (χ4n) is 3.58. The summed E-state index contributed by atoms with van der Waals surface area (Å²) in [6, 6.07) is 13.1. The van der Waals surface area contributed by atoms with E-state index in [9.17, 15) is 4.79 Å². The number of H-pyrrole nitrogens is 1. The highest BCUT2D eigenvalue weighted by atomic mass is 16.1. The standard InChI is InChI=1S/C23H23N9O/c1-14(2)31-9-8-18(30-31)22-21(16-6-7-20-26-13-27-32(20)12-16)28-19(29-22)11-25-17-5-3-4-15(10-17)23(24)33/h3-10,12-14,25H,11H2,1-2H3,(H2,24,33)(H,28,29). The predicted octanol–water partition coefficient (Wildman–Crippen LogP) is 3.27. The van der Waals surface area contributed by atoms with E-state index in [1.54, 1.807) is 22.7 Å².